The molecule has 0 radical (unpaired) electrons. The molecule has 14 heavy (non-hydrogen) atoms. The summed E-state index contributed by atoms with van der Waals surface area (Å²) in [6.45, 7) is 0. The smallest absolute Gasteiger partial charge is 0.416 e. The van der Waals surface area contributed by atoms with Gasteiger partial charge in [0.15, 0.2) is 0 Å². The Bertz CT molecular complexity index is 373. The summed E-state index contributed by atoms with van der Waals surface area (Å²) in [7, 11) is 0. The first-order valence-corrected chi connectivity index (χ1v) is 4.48. The number of hydrogen-bond acceptors (Lipinski definition) is 2. The van der Waals surface area contributed by atoms with Gasteiger partial charge in [-0.1, -0.05) is 0 Å². The number of rotatable bonds is 1. The lowest BCUT2D eigenvalue weighted by molar-refractivity contribution is -0.255. The Labute approximate surface area is 90.9 Å². The highest BCUT2D eigenvalue weighted by molar-refractivity contribution is 14.1. The van der Waals surface area contributed by atoms with Gasteiger partial charge >= 0.3 is 6.18 Å². The van der Waals surface area contributed by atoms with Gasteiger partial charge in [0, 0.05) is 9.13 Å². The van der Waals surface area contributed by atoms with Gasteiger partial charge in [-0.2, -0.15) is 13.2 Å². The first kappa shape index (κ1) is 11.3. The summed E-state index contributed by atoms with van der Waals surface area (Å²) in [5.41, 5.74) is -1.43. The zero-order valence-corrected chi connectivity index (χ0v) is 8.72. The van der Waals surface area contributed by atoms with E-state index in [2.05, 4.69) is 0 Å². The molecule has 0 bridgehead atoms. The molecule has 0 saturated heterocycles. The molecule has 0 aromatic heterocycles. The summed E-state index contributed by atoms with van der Waals surface area (Å²) < 4.78 is 36.7. The number of carboxylic acid groups (broad SMARTS) is 1. The van der Waals surface area contributed by atoms with Crippen molar-refractivity contribution in [3.8, 4) is 0 Å². The van der Waals surface area contributed by atoms with Gasteiger partial charge in [-0.25, -0.2) is 0 Å². The maximum absolute atomic E-state index is 12.1. The molecule has 0 aliphatic carbocycles. The number of carbonyl (C=O) groups excluding carboxylic acids is 1. The van der Waals surface area contributed by atoms with Gasteiger partial charge in [0.1, 0.15) is 0 Å². The van der Waals surface area contributed by atoms with Crippen LogP contribution in [0.15, 0.2) is 18.2 Å². The van der Waals surface area contributed by atoms with Crippen LogP contribution in [0.5, 0.6) is 0 Å². The fourth-order valence-corrected chi connectivity index (χ4v) is 1.41. The molecule has 0 aliphatic rings. The van der Waals surface area contributed by atoms with Crippen LogP contribution >= 0.6 is 22.6 Å². The number of carboxylic acids is 1. The Morgan fingerprint density at radius 1 is 1.36 bits per heavy atom. The molecule has 0 fully saturated rings. The molecular formula is C8H3F3IO2-. The Hall–Kier alpha value is -0.790. The van der Waals surface area contributed by atoms with Crippen molar-refractivity contribution >= 4 is 28.6 Å². The van der Waals surface area contributed by atoms with E-state index >= 15 is 0 Å². The lowest BCUT2D eigenvalue weighted by Crippen LogP contribution is -2.24. The standard InChI is InChI=1S/C8H4F3IO2/c9-8(10,11)4-1-2-6(12)5(3-4)7(13)14/h1-3H,(H,13,14)/p-1. The summed E-state index contributed by atoms with van der Waals surface area (Å²) in [6.07, 6.45) is -4.53. The largest absolute Gasteiger partial charge is 0.545 e. The average Bonchev–Trinajstić information content (AvgIpc) is 2.02. The van der Waals surface area contributed by atoms with Gasteiger partial charge in [-0.05, 0) is 40.8 Å². The molecule has 6 heteroatoms. The lowest BCUT2D eigenvalue weighted by atomic mass is 10.1. The first-order valence-electron chi connectivity index (χ1n) is 3.40. The first-order chi connectivity index (χ1) is 6.32. The quantitative estimate of drug-likeness (QED) is 0.740. The van der Waals surface area contributed by atoms with Gasteiger partial charge in [0.05, 0.1) is 11.5 Å². The molecule has 1 aromatic carbocycles. The number of alkyl halides is 3. The molecule has 0 atom stereocenters. The van der Waals surface area contributed by atoms with Crippen molar-refractivity contribution in [1.29, 1.82) is 0 Å². The summed E-state index contributed by atoms with van der Waals surface area (Å²) in [4.78, 5) is 10.4. The van der Waals surface area contributed by atoms with Crippen LogP contribution in [0.2, 0.25) is 0 Å². The summed E-state index contributed by atoms with van der Waals surface area (Å²) in [5, 5.41) is 10.4. The third-order valence-corrected chi connectivity index (χ3v) is 2.45. The van der Waals surface area contributed by atoms with Gasteiger partial charge in [0.2, 0.25) is 0 Å². The molecule has 1 rings (SSSR count). The molecule has 0 heterocycles. The number of carbonyl (C=O) groups is 1. The summed E-state index contributed by atoms with van der Waals surface area (Å²) >= 11 is 1.63. The van der Waals surface area contributed by atoms with E-state index in [4.69, 9.17) is 0 Å². The van der Waals surface area contributed by atoms with Crippen LogP contribution in [0.25, 0.3) is 0 Å². The molecule has 2 nitrogen and oxygen atoms in total. The summed E-state index contributed by atoms with van der Waals surface area (Å²) in [5.74, 6) is -1.61. The molecule has 0 amide bonds. The topological polar surface area (TPSA) is 40.1 Å². The van der Waals surface area contributed by atoms with Crippen molar-refractivity contribution in [1.82, 2.24) is 0 Å². The van der Waals surface area contributed by atoms with E-state index in [1.807, 2.05) is 0 Å². The van der Waals surface area contributed by atoms with Crippen LogP contribution in [0.1, 0.15) is 15.9 Å². The van der Waals surface area contributed by atoms with Crippen LogP contribution in [0.3, 0.4) is 0 Å². The SMILES string of the molecule is O=C([O-])c1cc(C(F)(F)F)ccc1I. The van der Waals surface area contributed by atoms with Crippen LogP contribution < -0.4 is 5.11 Å². The minimum Gasteiger partial charge on any atom is -0.545 e. The Kier molecular flexibility index (Phi) is 3.03. The third kappa shape index (κ3) is 2.37. The molecule has 0 unspecified atom stereocenters. The van der Waals surface area contributed by atoms with Crippen molar-refractivity contribution in [2.24, 2.45) is 0 Å². The second-order valence-electron chi connectivity index (χ2n) is 2.48. The zero-order valence-electron chi connectivity index (χ0n) is 6.56. The van der Waals surface area contributed by atoms with Crippen LogP contribution in [0.4, 0.5) is 13.2 Å². The van der Waals surface area contributed by atoms with Crippen molar-refractivity contribution in [2.75, 3.05) is 0 Å². The zero-order chi connectivity index (χ0) is 10.9. The van der Waals surface area contributed by atoms with E-state index in [9.17, 15) is 23.1 Å². The van der Waals surface area contributed by atoms with Gasteiger partial charge in [0.25, 0.3) is 0 Å². The number of benzene rings is 1. The van der Waals surface area contributed by atoms with E-state index in [0.29, 0.717) is 6.07 Å². The minimum atomic E-state index is -4.53. The summed E-state index contributed by atoms with van der Waals surface area (Å²) in [6, 6.07) is 2.49. The molecule has 0 N–H and O–H groups in total. The third-order valence-electron chi connectivity index (χ3n) is 1.51. The predicted octanol–water partition coefficient (Wildman–Crippen LogP) is 1.67. The highest BCUT2D eigenvalue weighted by Gasteiger charge is 2.30. The van der Waals surface area contributed by atoms with Crippen molar-refractivity contribution in [3.63, 3.8) is 0 Å². The number of aromatic carboxylic acids is 1. The van der Waals surface area contributed by atoms with Crippen LogP contribution in [-0.2, 0) is 6.18 Å². The maximum atomic E-state index is 12.1. The Balaban J connectivity index is 3.27. The van der Waals surface area contributed by atoms with E-state index in [1.54, 1.807) is 22.6 Å². The number of halogens is 4. The predicted molar refractivity (Wildman–Crippen MR) is 48.5 cm³/mol. The van der Waals surface area contributed by atoms with Gasteiger partial charge in [-0.3, -0.25) is 0 Å². The maximum Gasteiger partial charge on any atom is 0.416 e. The highest BCUT2D eigenvalue weighted by atomic mass is 127. The van der Waals surface area contributed by atoms with Gasteiger partial charge in [-0.15, -0.1) is 0 Å². The monoisotopic (exact) mass is 315 g/mol. The lowest BCUT2D eigenvalue weighted by Gasteiger charge is -2.10. The van der Waals surface area contributed by atoms with Crippen molar-refractivity contribution < 1.29 is 23.1 Å². The molecule has 0 spiro atoms. The minimum absolute atomic E-state index is 0.218. The fraction of sp³-hybridized carbons (Fsp3) is 0.125. The van der Waals surface area contributed by atoms with Gasteiger partial charge < -0.3 is 9.90 Å². The normalized spacial score (nSPS) is 11.4. The second kappa shape index (κ2) is 3.76. The molecule has 76 valence electrons. The van der Waals surface area contributed by atoms with E-state index < -0.39 is 23.3 Å². The average molecular weight is 315 g/mol. The highest BCUT2D eigenvalue weighted by Crippen LogP contribution is 2.30. The van der Waals surface area contributed by atoms with E-state index in [-0.39, 0.29) is 3.57 Å². The van der Waals surface area contributed by atoms with Crippen molar-refractivity contribution in [3.05, 3.63) is 32.9 Å². The Morgan fingerprint density at radius 2 is 1.93 bits per heavy atom. The van der Waals surface area contributed by atoms with E-state index in [0.717, 1.165) is 12.1 Å². The Morgan fingerprint density at radius 3 is 2.36 bits per heavy atom. The molecular weight excluding hydrogens is 312 g/mol. The second-order valence-corrected chi connectivity index (χ2v) is 3.64. The van der Waals surface area contributed by atoms with Crippen LogP contribution in [0, 0.1) is 3.57 Å². The molecule has 0 aliphatic heterocycles. The molecule has 1 aromatic rings. The fourth-order valence-electron chi connectivity index (χ4n) is 0.858. The van der Waals surface area contributed by atoms with Crippen LogP contribution in [-0.4, -0.2) is 5.97 Å². The van der Waals surface area contributed by atoms with Crippen molar-refractivity contribution in [2.45, 2.75) is 6.18 Å². The van der Waals surface area contributed by atoms with E-state index in [1.165, 1.54) is 0 Å². The molecule has 0 saturated carbocycles. The number of hydrogen-bond donors (Lipinski definition) is 0.